The molecule has 0 amide bonds. The fraction of sp³-hybridized carbons (Fsp3) is 0.846. The fourth-order valence-electron chi connectivity index (χ4n) is 5.13. The van der Waals surface area contributed by atoms with Gasteiger partial charge in [-0.2, -0.15) is 0 Å². The van der Waals surface area contributed by atoms with Crippen molar-refractivity contribution in [2.24, 2.45) is 0 Å². The molecule has 0 aromatic rings. The number of esters is 2. The highest BCUT2D eigenvalue weighted by Gasteiger charge is 2.17. The maximum absolute atomic E-state index is 12.4. The van der Waals surface area contributed by atoms with Crippen LogP contribution in [0.2, 0.25) is 0 Å². The molecule has 5 nitrogen and oxygen atoms in total. The molecular weight excluding hydrogens is 548 g/mol. The molecule has 0 heterocycles. The molecule has 0 spiro atoms. The molecular formula is C39H72O5. The molecule has 0 aliphatic carbocycles. The second-order valence-electron chi connectivity index (χ2n) is 12.5. The third-order valence-electron chi connectivity index (χ3n) is 7.97. The lowest BCUT2D eigenvalue weighted by atomic mass is 10.1. The van der Waals surface area contributed by atoms with Gasteiger partial charge in [-0.15, -0.1) is 0 Å². The van der Waals surface area contributed by atoms with E-state index in [-0.39, 0.29) is 25.2 Å². The van der Waals surface area contributed by atoms with E-state index in [9.17, 15) is 9.59 Å². The van der Waals surface area contributed by atoms with Gasteiger partial charge in [0.25, 0.3) is 0 Å². The van der Waals surface area contributed by atoms with Gasteiger partial charge in [0.1, 0.15) is 6.61 Å². The molecule has 0 fully saturated rings. The van der Waals surface area contributed by atoms with Crippen LogP contribution in [0.1, 0.15) is 188 Å². The predicted octanol–water partition coefficient (Wildman–Crippen LogP) is 11.8. The molecule has 5 heteroatoms. The molecule has 0 aliphatic rings. The lowest BCUT2D eigenvalue weighted by molar-refractivity contribution is -0.163. The van der Waals surface area contributed by atoms with E-state index in [1.807, 2.05) is 0 Å². The maximum atomic E-state index is 12.4. The first-order chi connectivity index (χ1) is 21.6. The molecule has 0 bridgehead atoms. The highest BCUT2D eigenvalue weighted by molar-refractivity contribution is 5.70. The van der Waals surface area contributed by atoms with Crippen molar-refractivity contribution in [1.29, 1.82) is 0 Å². The smallest absolute Gasteiger partial charge is 0.306 e. The molecule has 0 aromatic heterocycles. The molecule has 0 aliphatic heterocycles. The van der Waals surface area contributed by atoms with Crippen molar-refractivity contribution in [2.45, 2.75) is 194 Å². The first kappa shape index (κ1) is 42.4. The Morgan fingerprint density at radius 3 is 1.59 bits per heavy atom. The highest BCUT2D eigenvalue weighted by atomic mass is 16.6. The van der Waals surface area contributed by atoms with E-state index >= 15 is 0 Å². The normalized spacial score (nSPS) is 12.3. The Hall–Kier alpha value is -1.62. The zero-order valence-electron chi connectivity index (χ0n) is 29.4. The van der Waals surface area contributed by atoms with Crippen molar-refractivity contribution in [3.8, 4) is 0 Å². The van der Waals surface area contributed by atoms with E-state index in [0.717, 1.165) is 51.4 Å². The van der Waals surface area contributed by atoms with Crippen molar-refractivity contribution >= 4 is 11.9 Å². The quantitative estimate of drug-likeness (QED) is 0.0407. The number of hydrogen-bond acceptors (Lipinski definition) is 5. The van der Waals surface area contributed by atoms with Crippen molar-refractivity contribution in [3.05, 3.63) is 24.3 Å². The molecule has 0 rings (SSSR count). The Morgan fingerprint density at radius 1 is 0.500 bits per heavy atom. The van der Waals surface area contributed by atoms with Crippen LogP contribution in [-0.2, 0) is 23.8 Å². The Kier molecular flexibility index (Phi) is 34.5. The zero-order chi connectivity index (χ0) is 32.2. The molecule has 1 atom stereocenters. The number of hydrogen-bond donors (Lipinski definition) is 0. The first-order valence-electron chi connectivity index (χ1n) is 18.9. The molecule has 258 valence electrons. The Labute approximate surface area is 273 Å². The van der Waals surface area contributed by atoms with Crippen LogP contribution in [0.4, 0.5) is 0 Å². The number of unbranched alkanes of at least 4 members (excludes halogenated alkanes) is 19. The molecule has 0 saturated carbocycles. The minimum absolute atomic E-state index is 0.0846. The zero-order valence-corrected chi connectivity index (χ0v) is 29.4. The highest BCUT2D eigenvalue weighted by Crippen LogP contribution is 2.12. The van der Waals surface area contributed by atoms with Gasteiger partial charge in [-0.25, -0.2) is 0 Å². The molecule has 0 N–H and O–H groups in total. The first-order valence-corrected chi connectivity index (χ1v) is 18.9. The summed E-state index contributed by atoms with van der Waals surface area (Å²) in [4.78, 5) is 24.8. The van der Waals surface area contributed by atoms with Gasteiger partial charge in [-0.3, -0.25) is 9.59 Å². The van der Waals surface area contributed by atoms with Crippen molar-refractivity contribution in [3.63, 3.8) is 0 Å². The van der Waals surface area contributed by atoms with E-state index in [1.54, 1.807) is 0 Å². The molecule has 0 radical (unpaired) electrons. The lowest BCUT2D eigenvalue weighted by Gasteiger charge is -2.18. The van der Waals surface area contributed by atoms with Crippen LogP contribution in [0.25, 0.3) is 0 Å². The van der Waals surface area contributed by atoms with Crippen LogP contribution in [0.3, 0.4) is 0 Å². The third kappa shape index (κ3) is 33.3. The summed E-state index contributed by atoms with van der Waals surface area (Å²) < 4.78 is 17.1. The van der Waals surface area contributed by atoms with Gasteiger partial charge < -0.3 is 14.2 Å². The number of rotatable bonds is 34. The Morgan fingerprint density at radius 2 is 1.00 bits per heavy atom. The standard InChI is InChI=1S/C39H72O5/c1-4-7-10-13-15-17-18-19-20-21-23-25-28-31-34-42-35-37(44-39(41)33-30-26-12-9-6-3)36-43-38(40)32-29-27-24-22-16-14-11-8-5-2/h10,13,17-18,37H,4-9,11-12,14-16,19-36H2,1-3H3/b13-10-,18-17-. The summed E-state index contributed by atoms with van der Waals surface area (Å²) in [5.41, 5.74) is 0. The largest absolute Gasteiger partial charge is 0.462 e. The van der Waals surface area contributed by atoms with Gasteiger partial charge >= 0.3 is 11.9 Å². The van der Waals surface area contributed by atoms with E-state index in [1.165, 1.54) is 103 Å². The second-order valence-corrected chi connectivity index (χ2v) is 12.5. The van der Waals surface area contributed by atoms with Crippen LogP contribution < -0.4 is 0 Å². The SMILES string of the molecule is CCC/C=C\C/C=C\CCCCCCCCOCC(COC(=O)CCCCCCCCCCC)OC(=O)CCCCCCC. The average molecular weight is 621 g/mol. The van der Waals surface area contributed by atoms with Crippen LogP contribution in [0.5, 0.6) is 0 Å². The van der Waals surface area contributed by atoms with Gasteiger partial charge in [0.05, 0.1) is 6.61 Å². The average Bonchev–Trinajstić information content (AvgIpc) is 3.02. The molecule has 0 saturated heterocycles. The number of ether oxygens (including phenoxy) is 3. The van der Waals surface area contributed by atoms with Gasteiger partial charge in [0.2, 0.25) is 0 Å². The summed E-state index contributed by atoms with van der Waals surface area (Å²) in [6.07, 6.45) is 37.6. The minimum atomic E-state index is -0.527. The van der Waals surface area contributed by atoms with E-state index < -0.39 is 6.10 Å². The number of allylic oxidation sites excluding steroid dienone is 4. The maximum Gasteiger partial charge on any atom is 0.306 e. The molecule has 0 aromatic carbocycles. The van der Waals surface area contributed by atoms with Crippen LogP contribution >= 0.6 is 0 Å². The second kappa shape index (κ2) is 35.9. The third-order valence-corrected chi connectivity index (χ3v) is 7.97. The summed E-state index contributed by atoms with van der Waals surface area (Å²) in [5, 5.41) is 0. The number of carbonyl (C=O) groups excluding carboxylic acids is 2. The van der Waals surface area contributed by atoms with E-state index in [0.29, 0.717) is 19.4 Å². The minimum Gasteiger partial charge on any atom is -0.462 e. The van der Waals surface area contributed by atoms with Crippen LogP contribution in [0.15, 0.2) is 24.3 Å². The summed E-state index contributed by atoms with van der Waals surface area (Å²) in [7, 11) is 0. The molecule has 1 unspecified atom stereocenters. The Balaban J connectivity index is 4.11. The lowest BCUT2D eigenvalue weighted by Crippen LogP contribution is -2.30. The predicted molar refractivity (Wildman–Crippen MR) is 187 cm³/mol. The van der Waals surface area contributed by atoms with Crippen molar-refractivity contribution in [1.82, 2.24) is 0 Å². The van der Waals surface area contributed by atoms with Gasteiger partial charge in [-0.05, 0) is 44.9 Å². The van der Waals surface area contributed by atoms with Crippen LogP contribution in [-0.4, -0.2) is 37.9 Å². The monoisotopic (exact) mass is 621 g/mol. The topological polar surface area (TPSA) is 61.8 Å². The van der Waals surface area contributed by atoms with Gasteiger partial charge in [0.15, 0.2) is 6.10 Å². The molecule has 44 heavy (non-hydrogen) atoms. The number of carbonyl (C=O) groups is 2. The summed E-state index contributed by atoms with van der Waals surface area (Å²) in [5.74, 6) is -0.416. The summed E-state index contributed by atoms with van der Waals surface area (Å²) in [6, 6.07) is 0. The Bertz CT molecular complexity index is 671. The van der Waals surface area contributed by atoms with E-state index in [4.69, 9.17) is 14.2 Å². The van der Waals surface area contributed by atoms with Crippen molar-refractivity contribution < 1.29 is 23.8 Å². The van der Waals surface area contributed by atoms with Crippen LogP contribution in [0, 0.1) is 0 Å². The fourth-order valence-corrected chi connectivity index (χ4v) is 5.13. The van der Waals surface area contributed by atoms with Crippen molar-refractivity contribution in [2.75, 3.05) is 19.8 Å². The van der Waals surface area contributed by atoms with Gasteiger partial charge in [0, 0.05) is 19.4 Å². The van der Waals surface area contributed by atoms with E-state index in [2.05, 4.69) is 45.1 Å². The summed E-state index contributed by atoms with van der Waals surface area (Å²) in [6.45, 7) is 7.65. The summed E-state index contributed by atoms with van der Waals surface area (Å²) >= 11 is 0. The van der Waals surface area contributed by atoms with Gasteiger partial charge in [-0.1, -0.05) is 154 Å².